The van der Waals surface area contributed by atoms with Gasteiger partial charge in [-0.05, 0) is 18.2 Å². The summed E-state index contributed by atoms with van der Waals surface area (Å²) in [4.78, 5) is -0.202. The Morgan fingerprint density at radius 2 is 2.00 bits per heavy atom. The van der Waals surface area contributed by atoms with E-state index in [0.717, 1.165) is 0 Å². The van der Waals surface area contributed by atoms with Gasteiger partial charge in [0.15, 0.2) is 10.9 Å². The number of benzene rings is 1. The molecular formula is C12H8Cl2N4O3S. The van der Waals surface area contributed by atoms with Crippen molar-refractivity contribution in [1.82, 2.24) is 10.2 Å². The number of hydrogen-bond donors (Lipinski definition) is 1. The van der Waals surface area contributed by atoms with Gasteiger partial charge in [0.2, 0.25) is 5.82 Å². The molecule has 0 saturated carbocycles. The summed E-state index contributed by atoms with van der Waals surface area (Å²) in [6, 6.07) is 6.99. The number of ether oxygens (including phenoxy) is 1. The molecule has 0 spiro atoms. The molecular weight excluding hydrogens is 351 g/mol. The lowest BCUT2D eigenvalue weighted by Gasteiger charge is -2.11. The predicted molar refractivity (Wildman–Crippen MR) is 80.6 cm³/mol. The number of hydrogen-bond acceptors (Lipinski definition) is 6. The summed E-state index contributed by atoms with van der Waals surface area (Å²) in [6.07, 6.45) is 0. The maximum Gasteiger partial charge on any atom is 0.264 e. The number of nitrogens with one attached hydrogen (secondary N) is 1. The van der Waals surface area contributed by atoms with Gasteiger partial charge < -0.3 is 4.74 Å². The van der Waals surface area contributed by atoms with Crippen molar-refractivity contribution in [1.29, 1.82) is 5.26 Å². The minimum atomic E-state index is -4.03. The number of rotatable bonds is 4. The van der Waals surface area contributed by atoms with E-state index < -0.39 is 10.0 Å². The van der Waals surface area contributed by atoms with Crippen LogP contribution in [0.2, 0.25) is 10.2 Å². The normalized spacial score (nSPS) is 10.8. The predicted octanol–water partition coefficient (Wildman–Crippen LogP) is 2.46. The van der Waals surface area contributed by atoms with Gasteiger partial charge in [0.25, 0.3) is 10.0 Å². The molecule has 114 valence electrons. The van der Waals surface area contributed by atoms with Gasteiger partial charge in [0, 0.05) is 6.07 Å². The summed E-state index contributed by atoms with van der Waals surface area (Å²) in [5.74, 6) is -0.0272. The summed E-state index contributed by atoms with van der Waals surface area (Å²) in [5, 5.41) is 15.9. The quantitative estimate of drug-likeness (QED) is 0.899. The maximum atomic E-state index is 12.3. The second kappa shape index (κ2) is 6.36. The molecule has 1 heterocycles. The molecule has 1 N–H and O–H groups in total. The fraction of sp³-hybridized carbons (Fsp3) is 0.0833. The number of nitriles is 1. The third-order valence-electron chi connectivity index (χ3n) is 2.53. The van der Waals surface area contributed by atoms with Crippen LogP contribution in [-0.2, 0) is 10.0 Å². The molecule has 10 heteroatoms. The first-order valence-corrected chi connectivity index (χ1v) is 7.91. The van der Waals surface area contributed by atoms with Crippen LogP contribution in [0.3, 0.4) is 0 Å². The van der Waals surface area contributed by atoms with E-state index in [4.69, 9.17) is 33.2 Å². The average molecular weight is 359 g/mol. The van der Waals surface area contributed by atoms with E-state index in [1.807, 2.05) is 6.07 Å². The molecule has 2 aromatic rings. The lowest BCUT2D eigenvalue weighted by atomic mass is 10.2. The molecule has 0 bridgehead atoms. The molecule has 0 fully saturated rings. The first-order chi connectivity index (χ1) is 10.4. The fourth-order valence-electron chi connectivity index (χ4n) is 1.55. The SMILES string of the molecule is COc1cc(Cl)nnc1NS(=O)(=O)c1ccc(C#N)cc1Cl. The molecule has 0 saturated heterocycles. The standard InChI is InChI=1S/C12H8Cl2N4O3S/c1-21-9-5-11(14)16-17-12(9)18-22(19,20)10-3-2-7(6-15)4-8(10)13/h2-5H,1H3,(H,17,18). The van der Waals surface area contributed by atoms with Gasteiger partial charge in [-0.2, -0.15) is 5.26 Å². The Morgan fingerprint density at radius 3 is 2.59 bits per heavy atom. The Balaban J connectivity index is 2.43. The Morgan fingerprint density at radius 1 is 1.27 bits per heavy atom. The Hall–Kier alpha value is -2.08. The topological polar surface area (TPSA) is 105 Å². The first kappa shape index (κ1) is 16.3. The van der Waals surface area contributed by atoms with Crippen molar-refractivity contribution in [3.63, 3.8) is 0 Å². The van der Waals surface area contributed by atoms with E-state index in [9.17, 15) is 8.42 Å². The molecule has 1 aromatic carbocycles. The van der Waals surface area contributed by atoms with Gasteiger partial charge >= 0.3 is 0 Å². The summed E-state index contributed by atoms with van der Waals surface area (Å²) in [6.45, 7) is 0. The zero-order chi connectivity index (χ0) is 16.3. The van der Waals surface area contributed by atoms with Crippen LogP contribution in [0.15, 0.2) is 29.2 Å². The van der Waals surface area contributed by atoms with Gasteiger partial charge in [-0.15, -0.1) is 10.2 Å². The number of nitrogens with zero attached hydrogens (tertiary/aromatic N) is 3. The minimum Gasteiger partial charge on any atom is -0.493 e. The second-order valence-corrected chi connectivity index (χ2v) is 6.39. The van der Waals surface area contributed by atoms with Crippen molar-refractivity contribution >= 4 is 39.0 Å². The van der Waals surface area contributed by atoms with Gasteiger partial charge in [-0.3, -0.25) is 4.72 Å². The highest BCUT2D eigenvalue weighted by atomic mass is 35.5. The van der Waals surface area contributed by atoms with Gasteiger partial charge in [-0.25, -0.2) is 8.42 Å². The second-order valence-electron chi connectivity index (χ2n) is 3.95. The Labute approximate surface area is 136 Å². The molecule has 22 heavy (non-hydrogen) atoms. The Bertz CT molecular complexity index is 865. The van der Waals surface area contributed by atoms with E-state index in [1.165, 1.54) is 31.4 Å². The van der Waals surface area contributed by atoms with Crippen molar-refractivity contribution in [3.05, 3.63) is 40.0 Å². The number of halogens is 2. The summed E-state index contributed by atoms with van der Waals surface area (Å²) >= 11 is 11.6. The summed E-state index contributed by atoms with van der Waals surface area (Å²) < 4.78 is 31.9. The van der Waals surface area contributed by atoms with Crippen molar-refractivity contribution in [3.8, 4) is 11.8 Å². The third-order valence-corrected chi connectivity index (χ3v) is 4.54. The average Bonchev–Trinajstić information content (AvgIpc) is 2.48. The smallest absolute Gasteiger partial charge is 0.264 e. The molecule has 0 radical (unpaired) electrons. The largest absolute Gasteiger partial charge is 0.493 e. The van der Waals surface area contributed by atoms with E-state index in [0.29, 0.717) is 0 Å². The number of methoxy groups -OCH3 is 1. The lowest BCUT2D eigenvalue weighted by Crippen LogP contribution is -2.15. The lowest BCUT2D eigenvalue weighted by molar-refractivity contribution is 0.414. The van der Waals surface area contributed by atoms with Crippen molar-refractivity contribution < 1.29 is 13.2 Å². The maximum absolute atomic E-state index is 12.3. The van der Waals surface area contributed by atoms with Crippen LogP contribution in [0.1, 0.15) is 5.56 Å². The summed E-state index contributed by atoms with van der Waals surface area (Å²) in [5.41, 5.74) is 0.243. The van der Waals surface area contributed by atoms with Crippen LogP contribution in [0.4, 0.5) is 5.82 Å². The highest BCUT2D eigenvalue weighted by Gasteiger charge is 2.21. The number of anilines is 1. The van der Waals surface area contributed by atoms with Crippen LogP contribution in [0.25, 0.3) is 0 Å². The van der Waals surface area contributed by atoms with Crippen LogP contribution in [0, 0.1) is 11.3 Å². The third kappa shape index (κ3) is 3.39. The zero-order valence-corrected chi connectivity index (χ0v) is 13.4. The van der Waals surface area contributed by atoms with Crippen LogP contribution >= 0.6 is 23.2 Å². The van der Waals surface area contributed by atoms with Crippen LogP contribution < -0.4 is 9.46 Å². The Kier molecular flexibility index (Phi) is 4.71. The van der Waals surface area contributed by atoms with Crippen molar-refractivity contribution in [2.45, 2.75) is 4.90 Å². The number of aromatic nitrogens is 2. The van der Waals surface area contributed by atoms with Crippen molar-refractivity contribution in [2.24, 2.45) is 0 Å². The van der Waals surface area contributed by atoms with E-state index in [-0.39, 0.29) is 32.2 Å². The van der Waals surface area contributed by atoms with Gasteiger partial charge in [0.1, 0.15) is 4.90 Å². The van der Waals surface area contributed by atoms with Gasteiger partial charge in [0.05, 0.1) is 23.8 Å². The minimum absolute atomic E-state index is 0.0520. The number of sulfonamides is 1. The molecule has 0 aliphatic rings. The monoisotopic (exact) mass is 358 g/mol. The van der Waals surface area contributed by atoms with E-state index >= 15 is 0 Å². The van der Waals surface area contributed by atoms with E-state index in [1.54, 1.807) is 0 Å². The molecule has 0 aliphatic carbocycles. The highest BCUT2D eigenvalue weighted by Crippen LogP contribution is 2.28. The molecule has 0 unspecified atom stereocenters. The molecule has 0 amide bonds. The van der Waals surface area contributed by atoms with Crippen molar-refractivity contribution in [2.75, 3.05) is 11.8 Å². The molecule has 1 aromatic heterocycles. The fourth-order valence-corrected chi connectivity index (χ4v) is 3.24. The highest BCUT2D eigenvalue weighted by molar-refractivity contribution is 7.92. The molecule has 2 rings (SSSR count). The van der Waals surface area contributed by atoms with Gasteiger partial charge in [-0.1, -0.05) is 23.2 Å². The van der Waals surface area contributed by atoms with Crippen LogP contribution in [0.5, 0.6) is 5.75 Å². The molecule has 0 aliphatic heterocycles. The molecule has 0 atom stereocenters. The van der Waals surface area contributed by atoms with Crippen LogP contribution in [-0.4, -0.2) is 25.7 Å². The first-order valence-electron chi connectivity index (χ1n) is 5.67. The molecule has 7 nitrogen and oxygen atoms in total. The van der Waals surface area contributed by atoms with E-state index in [2.05, 4.69) is 14.9 Å². The summed E-state index contributed by atoms with van der Waals surface area (Å²) in [7, 11) is -2.70. The zero-order valence-electron chi connectivity index (χ0n) is 11.0.